The molecule has 6 nitrogen and oxygen atoms in total. The number of rotatable bonds is 3. The highest BCUT2D eigenvalue weighted by Crippen LogP contribution is 2.43. The van der Waals surface area contributed by atoms with Crippen molar-refractivity contribution >= 4 is 45.3 Å². The van der Waals surface area contributed by atoms with E-state index in [1.54, 1.807) is 0 Å². The zero-order valence-corrected chi connectivity index (χ0v) is 20.4. The second kappa shape index (κ2) is 8.33. The van der Waals surface area contributed by atoms with Crippen LogP contribution in [0.4, 0.5) is 23.2 Å². The minimum Gasteiger partial charge on any atom is -0.337 e. The van der Waals surface area contributed by atoms with Crippen LogP contribution in [0, 0.1) is 5.82 Å². The van der Waals surface area contributed by atoms with Gasteiger partial charge in [-0.2, -0.15) is 13.2 Å². The Hall–Kier alpha value is -2.92. The van der Waals surface area contributed by atoms with Crippen molar-refractivity contribution in [1.82, 2.24) is 9.80 Å². The molecule has 2 fully saturated rings. The minimum absolute atomic E-state index is 0.111. The largest absolute Gasteiger partial charge is 0.416 e. The number of piperazine rings is 1. The van der Waals surface area contributed by atoms with Crippen LogP contribution in [0.25, 0.3) is 0 Å². The molecule has 0 aromatic heterocycles. The molecule has 0 bridgehead atoms. The molecule has 2 saturated heterocycles. The van der Waals surface area contributed by atoms with Gasteiger partial charge < -0.3 is 9.80 Å². The fourth-order valence-corrected chi connectivity index (χ4v) is 5.30. The second-order valence-electron chi connectivity index (χ2n) is 8.77. The Morgan fingerprint density at radius 3 is 2.14 bits per heavy atom. The molecule has 2 aliphatic rings. The van der Waals surface area contributed by atoms with Crippen LogP contribution in [0.15, 0.2) is 42.5 Å². The van der Waals surface area contributed by atoms with Gasteiger partial charge in [0.2, 0.25) is 11.8 Å². The summed E-state index contributed by atoms with van der Waals surface area (Å²) in [6.07, 6.45) is -4.54. The number of alkyl halides is 3. The van der Waals surface area contributed by atoms with Crippen LogP contribution in [0.5, 0.6) is 0 Å². The van der Waals surface area contributed by atoms with Gasteiger partial charge in [-0.05, 0) is 42.8 Å². The van der Waals surface area contributed by atoms with Gasteiger partial charge in [-0.25, -0.2) is 4.39 Å². The van der Waals surface area contributed by atoms with Gasteiger partial charge in [0.1, 0.15) is 12.4 Å². The van der Waals surface area contributed by atoms with Gasteiger partial charge in [-0.15, -0.1) is 0 Å². The van der Waals surface area contributed by atoms with Gasteiger partial charge in [0.25, 0.3) is 5.91 Å². The Kier molecular flexibility index (Phi) is 6.00. The second-order valence-corrected chi connectivity index (χ2v) is 10.2. The summed E-state index contributed by atoms with van der Waals surface area (Å²) in [5.74, 6) is -2.32. The predicted octanol–water partition coefficient (Wildman–Crippen LogP) is 3.32. The summed E-state index contributed by atoms with van der Waals surface area (Å²) in [5.41, 5.74) is -2.28. The first kappa shape index (κ1) is 25.2. The molecule has 1 atom stereocenters. The van der Waals surface area contributed by atoms with E-state index in [1.165, 1.54) is 47.9 Å². The molecule has 3 radical (unpaired) electrons. The number of halogens is 5. The van der Waals surface area contributed by atoms with Crippen LogP contribution in [-0.2, 0) is 25.7 Å². The number of likely N-dealkylation sites (tertiary alicyclic amines) is 1. The molecule has 2 aromatic rings. The molecule has 2 aliphatic heterocycles. The third-order valence-corrected chi connectivity index (χ3v) is 7.13. The zero-order chi connectivity index (χ0) is 25.9. The number of anilines is 1. The lowest BCUT2D eigenvalue weighted by Gasteiger charge is -2.62. The fraction of sp³-hybridized carbons (Fsp3) is 0.348. The summed E-state index contributed by atoms with van der Waals surface area (Å²) in [7, 11) is 3.53. The molecular weight excluding hydrogens is 506 g/mol. The summed E-state index contributed by atoms with van der Waals surface area (Å²) in [6.45, 7) is 2.03. The highest BCUT2D eigenvalue weighted by atomic mass is 35.5. The number of carbonyl (C=O) groups is 3. The fourth-order valence-electron chi connectivity index (χ4n) is 4.63. The molecule has 12 heteroatoms. The summed E-state index contributed by atoms with van der Waals surface area (Å²) in [5, 5.41) is -1.30. The molecule has 0 saturated carbocycles. The Morgan fingerprint density at radius 2 is 1.63 bits per heavy atom. The SMILES string of the molecule is CC(=O)N1CC2(C1)C(=O)N(c1ccc(Cl)cc1F)CC(=O)N2[C@@](C)([Si])c1ccc(C(F)(F)F)cc1. The molecule has 2 aromatic carbocycles. The average Bonchev–Trinajstić information content (AvgIpc) is 2.72. The van der Waals surface area contributed by atoms with Gasteiger partial charge in [0.05, 0.1) is 34.6 Å². The molecule has 1 spiro atoms. The highest BCUT2D eigenvalue weighted by molar-refractivity contribution is 6.30. The molecular formula is C23H19ClF4N3O3Si. The number of benzene rings is 2. The first-order valence-corrected chi connectivity index (χ1v) is 11.3. The van der Waals surface area contributed by atoms with Crippen molar-refractivity contribution < 1.29 is 31.9 Å². The van der Waals surface area contributed by atoms with Crippen molar-refractivity contribution in [2.45, 2.75) is 30.7 Å². The first-order chi connectivity index (χ1) is 16.2. The normalized spacial score (nSPS) is 19.6. The van der Waals surface area contributed by atoms with Crippen molar-refractivity contribution in [3.63, 3.8) is 0 Å². The van der Waals surface area contributed by atoms with E-state index in [9.17, 15) is 31.9 Å². The van der Waals surface area contributed by atoms with Crippen molar-refractivity contribution in [3.05, 3.63) is 64.4 Å². The van der Waals surface area contributed by atoms with E-state index in [4.69, 9.17) is 11.6 Å². The number of carbonyl (C=O) groups excluding carboxylic acids is 3. The number of hydrogen-bond donors (Lipinski definition) is 0. The Labute approximate surface area is 206 Å². The Morgan fingerprint density at radius 1 is 1.06 bits per heavy atom. The van der Waals surface area contributed by atoms with E-state index in [0.29, 0.717) is 0 Å². The number of amides is 3. The average molecular weight is 525 g/mol. The Bertz CT molecular complexity index is 1210. The summed E-state index contributed by atoms with van der Waals surface area (Å²) >= 11 is 5.82. The maximum atomic E-state index is 14.7. The smallest absolute Gasteiger partial charge is 0.337 e. The van der Waals surface area contributed by atoms with Crippen LogP contribution < -0.4 is 4.90 Å². The van der Waals surface area contributed by atoms with Crippen molar-refractivity contribution in [3.8, 4) is 0 Å². The van der Waals surface area contributed by atoms with Crippen LogP contribution >= 0.6 is 11.6 Å². The topological polar surface area (TPSA) is 60.9 Å². The van der Waals surface area contributed by atoms with Gasteiger partial charge in [-0.3, -0.25) is 19.3 Å². The molecule has 3 amide bonds. The predicted molar refractivity (Wildman–Crippen MR) is 120 cm³/mol. The van der Waals surface area contributed by atoms with Crippen LogP contribution in [0.2, 0.25) is 5.02 Å². The molecule has 4 rings (SSSR count). The van der Waals surface area contributed by atoms with Crippen LogP contribution in [0.3, 0.4) is 0 Å². The van der Waals surface area contributed by atoms with E-state index in [1.807, 2.05) is 0 Å². The van der Waals surface area contributed by atoms with Gasteiger partial charge in [0, 0.05) is 17.1 Å². The van der Waals surface area contributed by atoms with E-state index >= 15 is 0 Å². The summed E-state index contributed by atoms with van der Waals surface area (Å²) in [6, 6.07) is 7.89. The molecule has 35 heavy (non-hydrogen) atoms. The zero-order valence-electron chi connectivity index (χ0n) is 18.6. The maximum absolute atomic E-state index is 14.7. The van der Waals surface area contributed by atoms with Gasteiger partial charge in [-0.1, -0.05) is 23.7 Å². The molecule has 0 unspecified atom stereocenters. The minimum atomic E-state index is -4.54. The highest BCUT2D eigenvalue weighted by Gasteiger charge is 2.64. The first-order valence-electron chi connectivity index (χ1n) is 10.5. The number of hydrogen-bond acceptors (Lipinski definition) is 3. The molecule has 0 aliphatic carbocycles. The van der Waals surface area contributed by atoms with Crippen LogP contribution in [0.1, 0.15) is 25.0 Å². The van der Waals surface area contributed by atoms with E-state index in [-0.39, 0.29) is 35.3 Å². The van der Waals surface area contributed by atoms with Crippen LogP contribution in [-0.4, -0.2) is 62.9 Å². The number of nitrogens with zero attached hydrogens (tertiary/aromatic N) is 3. The maximum Gasteiger partial charge on any atom is 0.416 e. The lowest BCUT2D eigenvalue weighted by atomic mass is 9.81. The molecule has 0 N–H and O–H groups in total. The van der Waals surface area contributed by atoms with E-state index < -0.39 is 46.6 Å². The third kappa shape index (κ3) is 4.10. The molecule has 2 heterocycles. The third-order valence-electron chi connectivity index (χ3n) is 6.39. The van der Waals surface area contributed by atoms with E-state index in [0.717, 1.165) is 23.1 Å². The van der Waals surface area contributed by atoms with Crippen molar-refractivity contribution in [1.29, 1.82) is 0 Å². The summed E-state index contributed by atoms with van der Waals surface area (Å²) < 4.78 is 53.8. The van der Waals surface area contributed by atoms with Crippen molar-refractivity contribution in [2.75, 3.05) is 24.5 Å². The van der Waals surface area contributed by atoms with Gasteiger partial charge >= 0.3 is 6.18 Å². The van der Waals surface area contributed by atoms with E-state index in [2.05, 4.69) is 10.2 Å². The quantitative estimate of drug-likeness (QED) is 0.457. The van der Waals surface area contributed by atoms with Crippen molar-refractivity contribution in [2.24, 2.45) is 0 Å². The standard InChI is InChI=1S/C23H19ClF4N3O3Si/c1-13(32)29-11-22(12-29)20(34)30(18-8-7-16(24)9-17(18)25)10-19(33)31(22)21(2,35)14-3-5-15(6-4-14)23(26,27)28/h3-9H,10-12H2,1-2H3/t21-/m0/s1. The lowest BCUT2D eigenvalue weighted by molar-refractivity contribution is -0.174. The lowest BCUT2D eigenvalue weighted by Crippen LogP contribution is -2.84. The summed E-state index contributed by atoms with van der Waals surface area (Å²) in [4.78, 5) is 42.8. The Balaban J connectivity index is 1.77. The van der Waals surface area contributed by atoms with Gasteiger partial charge in [0.15, 0.2) is 5.54 Å². The monoisotopic (exact) mass is 524 g/mol. The molecule has 183 valence electrons.